The van der Waals surface area contributed by atoms with Crippen LogP contribution in [0.25, 0.3) is 0 Å². The number of carbonyl (C=O) groups is 1. The largest absolute Gasteiger partial charge is 0.361 e. The van der Waals surface area contributed by atoms with E-state index in [0.717, 1.165) is 37.5 Å². The molecule has 0 atom stereocenters. The van der Waals surface area contributed by atoms with E-state index in [9.17, 15) is 17.6 Å². The molecule has 1 amide bonds. The summed E-state index contributed by atoms with van der Waals surface area (Å²) in [6.07, 6.45) is 3.07. The average molecular weight is 419 g/mol. The molecular formula is C17H27FN4O3S2. The van der Waals surface area contributed by atoms with Crippen molar-refractivity contribution in [3.8, 4) is 0 Å². The van der Waals surface area contributed by atoms with Crippen LogP contribution in [0.2, 0.25) is 0 Å². The fourth-order valence-corrected chi connectivity index (χ4v) is 3.99. The minimum atomic E-state index is -3.79. The van der Waals surface area contributed by atoms with Crippen molar-refractivity contribution in [2.24, 2.45) is 0 Å². The van der Waals surface area contributed by atoms with Gasteiger partial charge in [-0.05, 0) is 36.8 Å². The number of hydrogen-bond donors (Lipinski definition) is 3. The molecule has 1 aromatic rings. The van der Waals surface area contributed by atoms with E-state index in [0.29, 0.717) is 6.54 Å². The first-order valence-corrected chi connectivity index (χ1v) is 10.8. The van der Waals surface area contributed by atoms with Gasteiger partial charge >= 0.3 is 0 Å². The summed E-state index contributed by atoms with van der Waals surface area (Å²) < 4.78 is 40.4. The standard InChI is InChI=1S/C17H27FN4O3S2/c1-4-7-8-11-19-17(26)21-20-16(23)14-12-13(9-10-15(14)18)27(24,25)22(5-2)6-3/h9-10,12H,4-8,11H2,1-3H3,(H,20,23)(H2,19,21,26). The first-order chi connectivity index (χ1) is 12.8. The van der Waals surface area contributed by atoms with Gasteiger partial charge in [-0.15, -0.1) is 0 Å². The van der Waals surface area contributed by atoms with Crippen molar-refractivity contribution in [1.29, 1.82) is 0 Å². The molecule has 0 fully saturated rings. The molecule has 0 radical (unpaired) electrons. The van der Waals surface area contributed by atoms with Crippen LogP contribution in [-0.4, -0.2) is 43.4 Å². The molecule has 0 aliphatic heterocycles. The van der Waals surface area contributed by atoms with Crippen molar-refractivity contribution < 1.29 is 17.6 Å². The maximum atomic E-state index is 14.0. The zero-order valence-electron chi connectivity index (χ0n) is 15.8. The lowest BCUT2D eigenvalue weighted by molar-refractivity contribution is 0.0939. The lowest BCUT2D eigenvalue weighted by Crippen LogP contribution is -2.47. The van der Waals surface area contributed by atoms with Gasteiger partial charge in [0, 0.05) is 19.6 Å². The van der Waals surface area contributed by atoms with Crippen LogP contribution in [-0.2, 0) is 10.0 Å². The zero-order chi connectivity index (χ0) is 20.4. The highest BCUT2D eigenvalue weighted by Gasteiger charge is 2.24. The summed E-state index contributed by atoms with van der Waals surface area (Å²) >= 11 is 5.02. The number of benzene rings is 1. The molecule has 3 N–H and O–H groups in total. The van der Waals surface area contributed by atoms with Crippen molar-refractivity contribution in [2.45, 2.75) is 44.9 Å². The topological polar surface area (TPSA) is 90.5 Å². The number of sulfonamides is 1. The Morgan fingerprint density at radius 1 is 1.15 bits per heavy atom. The Morgan fingerprint density at radius 2 is 1.81 bits per heavy atom. The van der Waals surface area contributed by atoms with Gasteiger partial charge in [0.15, 0.2) is 5.11 Å². The summed E-state index contributed by atoms with van der Waals surface area (Å²) in [7, 11) is -3.79. The summed E-state index contributed by atoms with van der Waals surface area (Å²) in [5, 5.41) is 3.11. The number of unbranched alkanes of at least 4 members (excludes halogenated alkanes) is 2. The van der Waals surface area contributed by atoms with Gasteiger partial charge in [-0.25, -0.2) is 12.8 Å². The predicted molar refractivity (Wildman–Crippen MR) is 107 cm³/mol. The Bertz CT molecular complexity index is 753. The van der Waals surface area contributed by atoms with Gasteiger partial charge in [0.1, 0.15) is 5.82 Å². The Hall–Kier alpha value is -1.78. The molecule has 10 heteroatoms. The maximum Gasteiger partial charge on any atom is 0.272 e. The Labute approximate surface area is 165 Å². The minimum absolute atomic E-state index is 0.141. The van der Waals surface area contributed by atoms with E-state index >= 15 is 0 Å². The fourth-order valence-electron chi connectivity index (χ4n) is 2.35. The molecule has 27 heavy (non-hydrogen) atoms. The number of hydrazine groups is 1. The SMILES string of the molecule is CCCCCNC(=S)NNC(=O)c1cc(S(=O)(=O)N(CC)CC)ccc1F. The summed E-state index contributed by atoms with van der Waals surface area (Å²) in [4.78, 5) is 12.1. The molecule has 0 bridgehead atoms. The van der Waals surface area contributed by atoms with Crippen molar-refractivity contribution in [3.63, 3.8) is 0 Å². The lowest BCUT2D eigenvalue weighted by atomic mass is 10.2. The highest BCUT2D eigenvalue weighted by molar-refractivity contribution is 7.89. The number of amides is 1. The van der Waals surface area contributed by atoms with Crippen LogP contribution in [0.15, 0.2) is 23.1 Å². The normalized spacial score (nSPS) is 11.3. The van der Waals surface area contributed by atoms with E-state index in [1.54, 1.807) is 13.8 Å². The quantitative estimate of drug-likeness (QED) is 0.323. The number of hydrogen-bond acceptors (Lipinski definition) is 4. The van der Waals surface area contributed by atoms with E-state index in [-0.39, 0.29) is 28.7 Å². The Kier molecular flexibility index (Phi) is 9.61. The summed E-state index contributed by atoms with van der Waals surface area (Å²) in [6, 6.07) is 3.14. The van der Waals surface area contributed by atoms with Crippen molar-refractivity contribution in [3.05, 3.63) is 29.6 Å². The summed E-state index contributed by atoms with van der Waals surface area (Å²) in [5.74, 6) is -1.64. The second-order valence-corrected chi connectivity index (χ2v) is 8.12. The van der Waals surface area contributed by atoms with E-state index in [2.05, 4.69) is 23.1 Å². The van der Waals surface area contributed by atoms with Crippen LogP contribution >= 0.6 is 12.2 Å². The molecule has 0 aliphatic rings. The van der Waals surface area contributed by atoms with E-state index in [4.69, 9.17) is 12.2 Å². The van der Waals surface area contributed by atoms with Gasteiger partial charge in [0.05, 0.1) is 10.5 Å². The fraction of sp³-hybridized carbons (Fsp3) is 0.529. The number of thiocarbonyl (C=S) groups is 1. The Morgan fingerprint density at radius 3 is 2.41 bits per heavy atom. The molecule has 152 valence electrons. The summed E-state index contributed by atoms with van der Waals surface area (Å²) in [6.45, 7) is 6.70. The van der Waals surface area contributed by atoms with Crippen LogP contribution < -0.4 is 16.2 Å². The molecule has 1 aromatic carbocycles. The summed E-state index contributed by atoms with van der Waals surface area (Å²) in [5.41, 5.74) is 4.37. The number of halogens is 1. The third-order valence-electron chi connectivity index (χ3n) is 3.88. The second-order valence-electron chi connectivity index (χ2n) is 5.77. The second kappa shape index (κ2) is 11.2. The molecule has 7 nitrogen and oxygen atoms in total. The first-order valence-electron chi connectivity index (χ1n) is 8.91. The van der Waals surface area contributed by atoms with Gasteiger partial charge in [0.2, 0.25) is 10.0 Å². The van der Waals surface area contributed by atoms with Crippen LogP contribution in [0.1, 0.15) is 50.4 Å². The van der Waals surface area contributed by atoms with Crippen molar-refractivity contribution >= 4 is 33.3 Å². The van der Waals surface area contributed by atoms with Crippen LogP contribution in [0.3, 0.4) is 0 Å². The van der Waals surface area contributed by atoms with Gasteiger partial charge in [-0.3, -0.25) is 15.6 Å². The van der Waals surface area contributed by atoms with Crippen LogP contribution in [0.5, 0.6) is 0 Å². The van der Waals surface area contributed by atoms with E-state index < -0.39 is 21.7 Å². The molecule has 0 aromatic heterocycles. The molecule has 0 aliphatic carbocycles. The van der Waals surface area contributed by atoms with Gasteiger partial charge in [-0.1, -0.05) is 33.6 Å². The van der Waals surface area contributed by atoms with Crippen LogP contribution in [0.4, 0.5) is 4.39 Å². The number of nitrogens with one attached hydrogen (secondary N) is 3. The average Bonchev–Trinajstić information content (AvgIpc) is 2.64. The molecule has 0 saturated heterocycles. The molecule has 0 heterocycles. The third kappa shape index (κ3) is 6.71. The monoisotopic (exact) mass is 418 g/mol. The maximum absolute atomic E-state index is 14.0. The lowest BCUT2D eigenvalue weighted by Gasteiger charge is -2.19. The van der Waals surface area contributed by atoms with Crippen LogP contribution in [0, 0.1) is 5.82 Å². The molecular weight excluding hydrogens is 391 g/mol. The van der Waals surface area contributed by atoms with Crippen molar-refractivity contribution in [1.82, 2.24) is 20.5 Å². The zero-order valence-corrected chi connectivity index (χ0v) is 17.5. The van der Waals surface area contributed by atoms with Crippen molar-refractivity contribution in [2.75, 3.05) is 19.6 Å². The Balaban J connectivity index is 2.82. The number of rotatable bonds is 9. The first kappa shape index (κ1) is 23.3. The molecule has 0 unspecified atom stereocenters. The van der Waals surface area contributed by atoms with Gasteiger partial charge in [-0.2, -0.15) is 4.31 Å². The highest BCUT2D eigenvalue weighted by Crippen LogP contribution is 2.19. The third-order valence-corrected chi connectivity index (χ3v) is 6.17. The number of carbonyl (C=O) groups excluding carboxylic acids is 1. The minimum Gasteiger partial charge on any atom is -0.361 e. The predicted octanol–water partition coefficient (Wildman–Crippen LogP) is 2.16. The van der Waals surface area contributed by atoms with Gasteiger partial charge < -0.3 is 5.32 Å². The highest BCUT2D eigenvalue weighted by atomic mass is 32.2. The molecule has 0 spiro atoms. The smallest absolute Gasteiger partial charge is 0.272 e. The number of nitrogens with zero attached hydrogens (tertiary/aromatic N) is 1. The van der Waals surface area contributed by atoms with E-state index in [1.165, 1.54) is 4.31 Å². The molecule has 0 saturated carbocycles. The van der Waals surface area contributed by atoms with E-state index in [1.807, 2.05) is 0 Å². The molecule has 1 rings (SSSR count). The van der Waals surface area contributed by atoms with Gasteiger partial charge in [0.25, 0.3) is 5.91 Å².